The lowest BCUT2D eigenvalue weighted by Gasteiger charge is -2.00. The Morgan fingerprint density at radius 1 is 1.33 bits per heavy atom. The quantitative estimate of drug-likeness (QED) is 0.800. The molecule has 0 saturated heterocycles. The van der Waals surface area contributed by atoms with Crippen LogP contribution in [0.2, 0.25) is 0 Å². The zero-order chi connectivity index (χ0) is 10.7. The van der Waals surface area contributed by atoms with E-state index < -0.39 is 6.09 Å². The molecular weight excluding hydrogens is 212 g/mol. The molecule has 1 aromatic carbocycles. The van der Waals surface area contributed by atoms with Crippen molar-refractivity contribution in [3.63, 3.8) is 0 Å². The van der Waals surface area contributed by atoms with Gasteiger partial charge < -0.3 is 5.11 Å². The monoisotopic (exact) mass is 220 g/mol. The Labute approximate surface area is 89.8 Å². The van der Waals surface area contributed by atoms with E-state index >= 15 is 0 Å². The van der Waals surface area contributed by atoms with Crippen LogP contribution < -0.4 is 4.80 Å². The van der Waals surface area contributed by atoms with E-state index in [0.717, 1.165) is 5.69 Å². The zero-order valence-corrected chi connectivity index (χ0v) is 8.52. The van der Waals surface area contributed by atoms with Gasteiger partial charge in [0.1, 0.15) is 0 Å². The summed E-state index contributed by atoms with van der Waals surface area (Å²) in [6.07, 6.45) is 0.615. The van der Waals surface area contributed by atoms with Crippen LogP contribution in [0.15, 0.2) is 46.9 Å². The molecule has 0 aliphatic carbocycles. The minimum absolute atomic E-state index is 0.453. The highest BCUT2D eigenvalue weighted by Gasteiger charge is 1.99. The minimum atomic E-state index is -1.18. The minimum Gasteiger partial charge on any atom is -0.463 e. The summed E-state index contributed by atoms with van der Waals surface area (Å²) in [5.74, 6) is 0. The van der Waals surface area contributed by atoms with Gasteiger partial charge in [-0.2, -0.15) is 0 Å². The van der Waals surface area contributed by atoms with Gasteiger partial charge in [-0.3, -0.25) is 4.57 Å². The Balaban J connectivity index is 2.56. The third-order valence-corrected chi connectivity index (χ3v) is 2.57. The molecule has 1 amide bonds. The van der Waals surface area contributed by atoms with Crippen LogP contribution in [0.4, 0.5) is 4.79 Å². The lowest BCUT2D eigenvalue weighted by Crippen LogP contribution is -2.13. The molecule has 0 radical (unpaired) electrons. The molecule has 0 atom stereocenters. The number of carboxylic acid groups (broad SMARTS) is 1. The maximum atomic E-state index is 10.5. The van der Waals surface area contributed by atoms with Crippen molar-refractivity contribution in [2.24, 2.45) is 4.99 Å². The van der Waals surface area contributed by atoms with E-state index in [0.29, 0.717) is 4.80 Å². The van der Waals surface area contributed by atoms with Gasteiger partial charge in [-0.1, -0.05) is 18.2 Å². The van der Waals surface area contributed by atoms with Gasteiger partial charge in [0.2, 0.25) is 4.80 Å². The van der Waals surface area contributed by atoms with Crippen LogP contribution in [0.3, 0.4) is 0 Å². The van der Waals surface area contributed by atoms with Gasteiger partial charge in [-0.25, -0.2) is 4.79 Å². The summed E-state index contributed by atoms with van der Waals surface area (Å²) in [7, 11) is 0. The number of rotatable bonds is 1. The fraction of sp³-hybridized carbons (Fsp3) is 0. The van der Waals surface area contributed by atoms with Crippen molar-refractivity contribution in [2.75, 3.05) is 0 Å². The second-order valence-corrected chi connectivity index (χ2v) is 3.66. The van der Waals surface area contributed by atoms with Gasteiger partial charge in [0.25, 0.3) is 0 Å². The standard InChI is InChI=1S/C10H8N2O2S/c13-10(14)11-9-12(6-7-15-9)8-4-2-1-3-5-8/h1-7H,(H,13,14). The maximum Gasteiger partial charge on any atom is 0.433 e. The number of hydrogen-bond acceptors (Lipinski definition) is 2. The van der Waals surface area contributed by atoms with Crippen LogP contribution in [0.1, 0.15) is 0 Å². The maximum absolute atomic E-state index is 10.5. The van der Waals surface area contributed by atoms with Gasteiger partial charge in [0.05, 0.1) is 0 Å². The number of benzene rings is 1. The molecule has 0 unspecified atom stereocenters. The average Bonchev–Trinajstić information content (AvgIpc) is 2.66. The Morgan fingerprint density at radius 3 is 2.73 bits per heavy atom. The Kier molecular flexibility index (Phi) is 2.64. The number of thiazole rings is 1. The van der Waals surface area contributed by atoms with Gasteiger partial charge in [0.15, 0.2) is 0 Å². The molecule has 2 aromatic rings. The average molecular weight is 220 g/mol. The molecule has 2 rings (SSSR count). The third-order valence-electron chi connectivity index (χ3n) is 1.82. The fourth-order valence-electron chi connectivity index (χ4n) is 1.22. The van der Waals surface area contributed by atoms with Crippen LogP contribution in [0, 0.1) is 0 Å². The number of aromatic nitrogens is 1. The largest absolute Gasteiger partial charge is 0.463 e. The lowest BCUT2D eigenvalue weighted by atomic mass is 10.3. The normalized spacial score (nSPS) is 11.6. The summed E-state index contributed by atoms with van der Waals surface area (Å²) in [6, 6.07) is 9.49. The molecular formula is C10H8N2O2S. The zero-order valence-electron chi connectivity index (χ0n) is 7.70. The molecule has 0 aliphatic heterocycles. The Hall–Kier alpha value is -1.88. The second kappa shape index (κ2) is 4.10. The summed E-state index contributed by atoms with van der Waals surface area (Å²) >= 11 is 1.29. The van der Waals surface area contributed by atoms with E-state index in [9.17, 15) is 4.79 Å². The van der Waals surface area contributed by atoms with Gasteiger partial charge >= 0.3 is 6.09 Å². The van der Waals surface area contributed by atoms with Crippen LogP contribution in [-0.4, -0.2) is 15.8 Å². The molecule has 0 aliphatic rings. The molecule has 76 valence electrons. The molecule has 5 heteroatoms. The first-order chi connectivity index (χ1) is 7.27. The lowest BCUT2D eigenvalue weighted by molar-refractivity contribution is 0.204. The topological polar surface area (TPSA) is 54.6 Å². The highest BCUT2D eigenvalue weighted by Crippen LogP contribution is 2.04. The summed E-state index contributed by atoms with van der Waals surface area (Å²) < 4.78 is 1.73. The Morgan fingerprint density at radius 2 is 2.07 bits per heavy atom. The van der Waals surface area contributed by atoms with E-state index in [1.165, 1.54) is 11.3 Å². The second-order valence-electron chi connectivity index (χ2n) is 2.79. The molecule has 1 aromatic heterocycles. The molecule has 1 N–H and O–H groups in total. The smallest absolute Gasteiger partial charge is 0.433 e. The number of para-hydroxylation sites is 1. The van der Waals surface area contributed by atoms with E-state index in [1.807, 2.05) is 30.3 Å². The van der Waals surface area contributed by atoms with E-state index in [4.69, 9.17) is 5.11 Å². The first-order valence-electron chi connectivity index (χ1n) is 4.26. The summed E-state index contributed by atoms with van der Waals surface area (Å²) in [6.45, 7) is 0. The highest BCUT2D eigenvalue weighted by atomic mass is 32.1. The summed E-state index contributed by atoms with van der Waals surface area (Å²) in [5.41, 5.74) is 0.902. The van der Waals surface area contributed by atoms with Crippen molar-refractivity contribution in [3.05, 3.63) is 46.7 Å². The predicted octanol–water partition coefficient (Wildman–Crippen LogP) is 2.12. The molecule has 15 heavy (non-hydrogen) atoms. The first-order valence-corrected chi connectivity index (χ1v) is 5.14. The van der Waals surface area contributed by atoms with Crippen LogP contribution in [0.25, 0.3) is 5.69 Å². The van der Waals surface area contributed by atoms with Crippen LogP contribution >= 0.6 is 11.3 Å². The van der Waals surface area contributed by atoms with E-state index in [2.05, 4.69) is 4.99 Å². The van der Waals surface area contributed by atoms with Crippen LogP contribution in [0.5, 0.6) is 0 Å². The summed E-state index contributed by atoms with van der Waals surface area (Å²) in [5, 5.41) is 10.4. The van der Waals surface area contributed by atoms with Gasteiger partial charge in [0, 0.05) is 17.3 Å². The fourth-order valence-corrected chi connectivity index (χ4v) is 1.93. The van der Waals surface area contributed by atoms with Crippen molar-refractivity contribution in [1.82, 2.24) is 4.57 Å². The molecule has 1 heterocycles. The third kappa shape index (κ3) is 2.13. The molecule has 0 bridgehead atoms. The SMILES string of the molecule is O=C(O)N=c1sccn1-c1ccccc1. The molecule has 0 saturated carbocycles. The Bertz CT molecular complexity index is 528. The van der Waals surface area contributed by atoms with Crippen LogP contribution in [-0.2, 0) is 0 Å². The van der Waals surface area contributed by atoms with Gasteiger partial charge in [-0.15, -0.1) is 16.3 Å². The summed E-state index contributed by atoms with van der Waals surface area (Å²) in [4.78, 5) is 14.4. The predicted molar refractivity (Wildman–Crippen MR) is 57.2 cm³/mol. The van der Waals surface area contributed by atoms with Crippen molar-refractivity contribution < 1.29 is 9.90 Å². The number of amides is 1. The molecule has 0 fully saturated rings. The van der Waals surface area contributed by atoms with Gasteiger partial charge in [-0.05, 0) is 12.1 Å². The van der Waals surface area contributed by atoms with E-state index in [-0.39, 0.29) is 0 Å². The van der Waals surface area contributed by atoms with Crippen molar-refractivity contribution in [2.45, 2.75) is 0 Å². The van der Waals surface area contributed by atoms with E-state index in [1.54, 1.807) is 16.1 Å². The first kappa shape index (κ1) is 9.67. The number of nitrogens with zero attached hydrogens (tertiary/aromatic N) is 2. The number of carbonyl (C=O) groups is 1. The number of hydrogen-bond donors (Lipinski definition) is 1. The van der Waals surface area contributed by atoms with Crippen molar-refractivity contribution >= 4 is 17.4 Å². The molecule has 4 nitrogen and oxygen atoms in total. The van der Waals surface area contributed by atoms with Crippen molar-refractivity contribution in [3.8, 4) is 5.69 Å². The van der Waals surface area contributed by atoms with Crippen molar-refractivity contribution in [1.29, 1.82) is 0 Å². The molecule has 0 spiro atoms. The highest BCUT2D eigenvalue weighted by molar-refractivity contribution is 7.07.